The Bertz CT molecular complexity index is 513. The molecule has 2 aromatic carbocycles. The molecular formula is C14H16BNO4. The molecule has 2 N–H and O–H groups in total. The van der Waals surface area contributed by atoms with Crippen LogP contribution in [-0.4, -0.2) is 21.1 Å². The van der Waals surface area contributed by atoms with Crippen LogP contribution >= 0.6 is 0 Å². The van der Waals surface area contributed by atoms with E-state index in [-0.39, 0.29) is 0 Å². The number of benzene rings is 2. The average molecular weight is 273 g/mol. The second kappa shape index (κ2) is 4.98. The Balaban J connectivity index is 0.000000373. The van der Waals surface area contributed by atoms with Crippen LogP contribution in [0.3, 0.4) is 0 Å². The first-order valence-electron chi connectivity index (χ1n) is 6.57. The molecule has 4 rings (SSSR count). The Morgan fingerprint density at radius 3 is 1.15 bits per heavy atom. The monoisotopic (exact) mass is 273 g/mol. The lowest BCUT2D eigenvalue weighted by atomic mass is 10.1. The summed E-state index contributed by atoms with van der Waals surface area (Å²) < 4.78 is 22.5. The standard InChI is InChI=1S/C12H8BO4.C2H7N/c1-2-6-10-9(5-1)14-13(15-10)16-11-7-3-4-8-12(11)17-13;1-3-2/h1-8H;3H,1-2H3/q-1;/p+1. The van der Waals surface area contributed by atoms with Crippen molar-refractivity contribution in [3.8, 4) is 23.0 Å². The van der Waals surface area contributed by atoms with Gasteiger partial charge in [-0.1, -0.05) is 24.3 Å². The molecule has 6 heteroatoms. The van der Waals surface area contributed by atoms with Gasteiger partial charge in [0.25, 0.3) is 0 Å². The summed E-state index contributed by atoms with van der Waals surface area (Å²) in [5.41, 5.74) is 0. The molecule has 0 aliphatic carbocycles. The molecule has 2 aromatic rings. The SMILES string of the molecule is C[NH2+]C.c1ccc2c(c1)O[B-]1(O2)Oc2ccccc2O1. The van der Waals surface area contributed by atoms with E-state index < -0.39 is 6.96 Å². The zero-order valence-electron chi connectivity index (χ0n) is 11.4. The van der Waals surface area contributed by atoms with E-state index in [4.69, 9.17) is 18.6 Å². The maximum atomic E-state index is 5.63. The highest BCUT2D eigenvalue weighted by Gasteiger charge is 2.51. The van der Waals surface area contributed by atoms with Gasteiger partial charge in [0.1, 0.15) is 23.0 Å². The summed E-state index contributed by atoms with van der Waals surface area (Å²) >= 11 is 0. The van der Waals surface area contributed by atoms with Crippen LogP contribution in [0.5, 0.6) is 23.0 Å². The third-order valence-corrected chi connectivity index (χ3v) is 2.78. The van der Waals surface area contributed by atoms with E-state index >= 15 is 0 Å². The first kappa shape index (κ1) is 12.7. The van der Waals surface area contributed by atoms with Crippen LogP contribution in [0, 0.1) is 0 Å². The number of hydrogen-bond acceptors (Lipinski definition) is 4. The predicted octanol–water partition coefficient (Wildman–Crippen LogP) is 1.17. The molecule has 0 saturated carbocycles. The van der Waals surface area contributed by atoms with E-state index in [0.717, 1.165) is 0 Å². The van der Waals surface area contributed by atoms with Crippen LogP contribution in [0.1, 0.15) is 0 Å². The number of nitrogens with two attached hydrogens (primary N) is 1. The summed E-state index contributed by atoms with van der Waals surface area (Å²) in [6.45, 7) is -2.21. The van der Waals surface area contributed by atoms with Crippen molar-refractivity contribution in [2.24, 2.45) is 0 Å². The molecule has 0 fully saturated rings. The quantitative estimate of drug-likeness (QED) is 0.732. The van der Waals surface area contributed by atoms with Crippen molar-refractivity contribution in [3.63, 3.8) is 0 Å². The summed E-state index contributed by atoms with van der Waals surface area (Å²) in [7, 11) is 4.00. The molecule has 2 aliphatic heterocycles. The summed E-state index contributed by atoms with van der Waals surface area (Å²) in [5, 5.41) is 2.00. The number of para-hydroxylation sites is 4. The van der Waals surface area contributed by atoms with E-state index in [9.17, 15) is 0 Å². The van der Waals surface area contributed by atoms with Crippen molar-refractivity contribution in [1.82, 2.24) is 0 Å². The second-order valence-corrected chi connectivity index (χ2v) is 4.52. The van der Waals surface area contributed by atoms with E-state index in [1.807, 2.05) is 67.9 Å². The molecule has 0 bridgehead atoms. The third kappa shape index (κ3) is 2.14. The van der Waals surface area contributed by atoms with Gasteiger partial charge in [-0.3, -0.25) is 0 Å². The highest BCUT2D eigenvalue weighted by Crippen LogP contribution is 2.44. The topological polar surface area (TPSA) is 53.5 Å². The fourth-order valence-corrected chi connectivity index (χ4v) is 2.06. The summed E-state index contributed by atoms with van der Waals surface area (Å²) in [5.74, 6) is 2.56. The van der Waals surface area contributed by atoms with Crippen LogP contribution in [-0.2, 0) is 0 Å². The lowest BCUT2D eigenvalue weighted by molar-refractivity contribution is -0.597. The third-order valence-electron chi connectivity index (χ3n) is 2.78. The molecule has 1 spiro atoms. The highest BCUT2D eigenvalue weighted by atomic mass is 16.9. The molecular weight excluding hydrogens is 257 g/mol. The fourth-order valence-electron chi connectivity index (χ4n) is 2.06. The van der Waals surface area contributed by atoms with Crippen molar-refractivity contribution in [2.75, 3.05) is 14.1 Å². The summed E-state index contributed by atoms with van der Waals surface area (Å²) in [4.78, 5) is 0. The van der Waals surface area contributed by atoms with E-state index in [1.165, 1.54) is 0 Å². The van der Waals surface area contributed by atoms with Gasteiger partial charge in [0.15, 0.2) is 0 Å². The molecule has 0 saturated heterocycles. The van der Waals surface area contributed by atoms with Gasteiger partial charge in [-0.05, 0) is 24.3 Å². The minimum atomic E-state index is -2.21. The predicted molar refractivity (Wildman–Crippen MR) is 74.9 cm³/mol. The van der Waals surface area contributed by atoms with Crippen molar-refractivity contribution in [1.29, 1.82) is 0 Å². The van der Waals surface area contributed by atoms with Crippen molar-refractivity contribution >= 4 is 6.96 Å². The largest absolute Gasteiger partial charge is 0.777 e. The van der Waals surface area contributed by atoms with Gasteiger partial charge in [0.2, 0.25) is 0 Å². The van der Waals surface area contributed by atoms with Gasteiger partial charge in [-0.25, -0.2) is 0 Å². The number of quaternary nitrogens is 1. The first-order valence-corrected chi connectivity index (χ1v) is 6.57. The van der Waals surface area contributed by atoms with Crippen molar-refractivity contribution in [2.45, 2.75) is 0 Å². The fraction of sp³-hybridized carbons (Fsp3) is 0.143. The number of hydrogen-bond donors (Lipinski definition) is 1. The first-order chi connectivity index (χ1) is 9.76. The zero-order valence-corrected chi connectivity index (χ0v) is 11.4. The normalized spacial score (nSPS) is 15.7. The van der Waals surface area contributed by atoms with Crippen LogP contribution < -0.4 is 23.9 Å². The zero-order chi connectivity index (χ0) is 14.0. The van der Waals surface area contributed by atoms with Crippen molar-refractivity contribution < 1.29 is 23.9 Å². The van der Waals surface area contributed by atoms with E-state index in [2.05, 4.69) is 0 Å². The van der Waals surface area contributed by atoms with E-state index in [1.54, 1.807) is 0 Å². The molecule has 2 heterocycles. The number of fused-ring (bicyclic) bond motifs is 2. The van der Waals surface area contributed by atoms with Gasteiger partial charge in [-0.15, -0.1) is 0 Å². The minimum absolute atomic E-state index is 0.639. The number of rotatable bonds is 0. The second-order valence-electron chi connectivity index (χ2n) is 4.52. The van der Waals surface area contributed by atoms with Crippen LogP contribution in [0.4, 0.5) is 0 Å². The van der Waals surface area contributed by atoms with Gasteiger partial charge >= 0.3 is 6.96 Å². The van der Waals surface area contributed by atoms with E-state index in [0.29, 0.717) is 23.0 Å². The Morgan fingerprint density at radius 1 is 0.650 bits per heavy atom. The lowest BCUT2D eigenvalue weighted by Gasteiger charge is -2.27. The average Bonchev–Trinajstić information content (AvgIpc) is 2.97. The highest BCUT2D eigenvalue weighted by molar-refractivity contribution is 6.59. The van der Waals surface area contributed by atoms with Gasteiger partial charge in [0, 0.05) is 0 Å². The minimum Gasteiger partial charge on any atom is -0.609 e. The van der Waals surface area contributed by atoms with Gasteiger partial charge < -0.3 is 23.9 Å². The molecule has 104 valence electrons. The summed E-state index contributed by atoms with van der Waals surface area (Å²) in [6, 6.07) is 14.8. The molecule has 0 atom stereocenters. The van der Waals surface area contributed by atoms with Crippen LogP contribution in [0.2, 0.25) is 0 Å². The molecule has 5 nitrogen and oxygen atoms in total. The van der Waals surface area contributed by atoms with Gasteiger partial charge in [0.05, 0.1) is 14.1 Å². The Kier molecular flexibility index (Phi) is 3.16. The smallest absolute Gasteiger partial charge is 0.609 e. The maximum Gasteiger partial charge on any atom is 0.777 e. The molecule has 2 aliphatic rings. The van der Waals surface area contributed by atoms with Crippen LogP contribution in [0.15, 0.2) is 48.5 Å². The van der Waals surface area contributed by atoms with Crippen molar-refractivity contribution in [3.05, 3.63) is 48.5 Å². The summed E-state index contributed by atoms with van der Waals surface area (Å²) in [6.07, 6.45) is 0. The molecule has 0 aromatic heterocycles. The Hall–Kier alpha value is -2.34. The Morgan fingerprint density at radius 2 is 0.900 bits per heavy atom. The molecule has 0 amide bonds. The lowest BCUT2D eigenvalue weighted by Crippen LogP contribution is -2.74. The van der Waals surface area contributed by atoms with Gasteiger partial charge in [-0.2, -0.15) is 0 Å². The molecule has 0 radical (unpaired) electrons. The molecule has 20 heavy (non-hydrogen) atoms. The molecule has 0 unspecified atom stereocenters. The maximum absolute atomic E-state index is 5.63. The Labute approximate surface area is 117 Å². The van der Waals surface area contributed by atoms with Crippen LogP contribution in [0.25, 0.3) is 0 Å².